The molecule has 0 unspecified atom stereocenters. The van der Waals surface area contributed by atoms with Crippen LogP contribution < -0.4 is 5.32 Å². The van der Waals surface area contributed by atoms with E-state index < -0.39 is 0 Å². The largest absolute Gasteiger partial charge is 0.396 e. The Balaban J connectivity index is 2.37. The van der Waals surface area contributed by atoms with Crippen molar-refractivity contribution in [3.63, 3.8) is 0 Å². The van der Waals surface area contributed by atoms with Gasteiger partial charge in [0.15, 0.2) is 0 Å². The van der Waals surface area contributed by atoms with Crippen LogP contribution in [0.4, 0.5) is 0 Å². The van der Waals surface area contributed by atoms with E-state index in [1.54, 1.807) is 7.11 Å². The van der Waals surface area contributed by atoms with Gasteiger partial charge < -0.3 is 15.2 Å². The molecule has 12 heavy (non-hydrogen) atoms. The van der Waals surface area contributed by atoms with Crippen molar-refractivity contribution in [2.24, 2.45) is 5.41 Å². The van der Waals surface area contributed by atoms with E-state index in [2.05, 4.69) is 5.32 Å². The van der Waals surface area contributed by atoms with Gasteiger partial charge in [-0.1, -0.05) is 0 Å². The predicted molar refractivity (Wildman–Crippen MR) is 48.1 cm³/mol. The van der Waals surface area contributed by atoms with E-state index in [9.17, 15) is 5.11 Å². The van der Waals surface area contributed by atoms with Crippen LogP contribution in [0.1, 0.15) is 19.3 Å². The zero-order valence-corrected chi connectivity index (χ0v) is 7.81. The molecule has 0 aromatic heterocycles. The molecule has 0 radical (unpaired) electrons. The van der Waals surface area contributed by atoms with Gasteiger partial charge in [0, 0.05) is 32.3 Å². The summed E-state index contributed by atoms with van der Waals surface area (Å²) >= 11 is 0. The van der Waals surface area contributed by atoms with Gasteiger partial charge in [-0.15, -0.1) is 0 Å². The minimum Gasteiger partial charge on any atom is -0.396 e. The van der Waals surface area contributed by atoms with Crippen molar-refractivity contribution < 1.29 is 9.84 Å². The fourth-order valence-electron chi connectivity index (χ4n) is 1.78. The van der Waals surface area contributed by atoms with Crippen LogP contribution in [0.25, 0.3) is 0 Å². The van der Waals surface area contributed by atoms with Gasteiger partial charge in [-0.3, -0.25) is 0 Å². The molecule has 1 saturated heterocycles. The van der Waals surface area contributed by atoms with E-state index in [0.29, 0.717) is 0 Å². The molecular weight excluding hydrogens is 154 g/mol. The highest BCUT2D eigenvalue weighted by atomic mass is 16.5. The molecule has 3 heteroatoms. The average Bonchev–Trinajstić information content (AvgIpc) is 2.16. The van der Waals surface area contributed by atoms with Gasteiger partial charge >= 0.3 is 0 Å². The minimum atomic E-state index is 0.0915. The van der Waals surface area contributed by atoms with E-state index in [4.69, 9.17) is 4.74 Å². The van der Waals surface area contributed by atoms with Crippen LogP contribution in [0.2, 0.25) is 0 Å². The molecule has 0 amide bonds. The average molecular weight is 173 g/mol. The number of piperidine rings is 1. The fraction of sp³-hybridized carbons (Fsp3) is 1.00. The van der Waals surface area contributed by atoms with E-state index in [0.717, 1.165) is 32.5 Å². The lowest BCUT2D eigenvalue weighted by Crippen LogP contribution is -2.43. The molecule has 1 aliphatic rings. The van der Waals surface area contributed by atoms with Crippen LogP contribution in [-0.2, 0) is 4.74 Å². The Morgan fingerprint density at radius 2 is 2.42 bits per heavy atom. The number of hydrogen-bond donors (Lipinski definition) is 2. The third-order valence-corrected chi connectivity index (χ3v) is 2.73. The summed E-state index contributed by atoms with van der Waals surface area (Å²) in [5.41, 5.74) is 0.0915. The van der Waals surface area contributed by atoms with Gasteiger partial charge in [-0.2, -0.15) is 0 Å². The first kappa shape index (κ1) is 9.96. The van der Waals surface area contributed by atoms with Gasteiger partial charge in [0.2, 0.25) is 0 Å². The monoisotopic (exact) mass is 173 g/mol. The lowest BCUT2D eigenvalue weighted by atomic mass is 9.79. The van der Waals surface area contributed by atoms with Gasteiger partial charge in [0.05, 0.1) is 0 Å². The number of rotatable bonds is 4. The Hall–Kier alpha value is -0.120. The van der Waals surface area contributed by atoms with Gasteiger partial charge in [-0.05, 0) is 25.8 Å². The Kier molecular flexibility index (Phi) is 3.98. The molecule has 3 nitrogen and oxygen atoms in total. The summed E-state index contributed by atoms with van der Waals surface area (Å²) in [6, 6.07) is 0. The van der Waals surface area contributed by atoms with Crippen molar-refractivity contribution in [2.75, 3.05) is 33.4 Å². The van der Waals surface area contributed by atoms with Crippen LogP contribution in [-0.4, -0.2) is 38.5 Å². The van der Waals surface area contributed by atoms with E-state index in [1.165, 1.54) is 6.42 Å². The highest BCUT2D eigenvalue weighted by Gasteiger charge is 2.30. The van der Waals surface area contributed by atoms with E-state index in [1.807, 2.05) is 0 Å². The highest BCUT2D eigenvalue weighted by Crippen LogP contribution is 2.29. The first-order chi connectivity index (χ1) is 5.83. The highest BCUT2D eigenvalue weighted by molar-refractivity contribution is 4.84. The number of ether oxygens (including phenoxy) is 1. The second-order valence-electron chi connectivity index (χ2n) is 3.68. The summed E-state index contributed by atoms with van der Waals surface area (Å²) in [7, 11) is 1.71. The summed E-state index contributed by atoms with van der Waals surface area (Å²) in [6.45, 7) is 3.06. The molecule has 1 fully saturated rings. The Morgan fingerprint density at radius 3 is 2.92 bits per heavy atom. The quantitative estimate of drug-likeness (QED) is 0.646. The molecule has 0 bridgehead atoms. The SMILES string of the molecule is COCC[C@]1(CO)CCCNC1. The fourth-order valence-corrected chi connectivity index (χ4v) is 1.78. The number of hydrogen-bond acceptors (Lipinski definition) is 3. The second-order valence-corrected chi connectivity index (χ2v) is 3.68. The van der Waals surface area contributed by atoms with Crippen molar-refractivity contribution in [2.45, 2.75) is 19.3 Å². The molecule has 1 rings (SSSR count). The van der Waals surface area contributed by atoms with Crippen molar-refractivity contribution in [1.29, 1.82) is 0 Å². The predicted octanol–water partition coefficient (Wildman–Crippen LogP) is 0.385. The Morgan fingerprint density at radius 1 is 1.58 bits per heavy atom. The van der Waals surface area contributed by atoms with E-state index in [-0.39, 0.29) is 12.0 Å². The molecule has 0 aliphatic carbocycles. The molecule has 0 spiro atoms. The summed E-state index contributed by atoms with van der Waals surface area (Å²) in [6.07, 6.45) is 3.26. The Labute approximate surface area is 74.1 Å². The zero-order chi connectivity index (χ0) is 8.86. The normalized spacial score (nSPS) is 30.5. The van der Waals surface area contributed by atoms with Gasteiger partial charge in [-0.25, -0.2) is 0 Å². The van der Waals surface area contributed by atoms with Crippen LogP contribution in [0.5, 0.6) is 0 Å². The molecule has 72 valence electrons. The second kappa shape index (κ2) is 4.80. The van der Waals surface area contributed by atoms with Crippen LogP contribution in [0, 0.1) is 5.41 Å². The maximum absolute atomic E-state index is 9.27. The summed E-state index contributed by atoms with van der Waals surface area (Å²) < 4.78 is 5.03. The first-order valence-electron chi connectivity index (χ1n) is 4.63. The molecule has 2 N–H and O–H groups in total. The molecule has 0 aromatic rings. The van der Waals surface area contributed by atoms with Crippen LogP contribution >= 0.6 is 0 Å². The Bertz CT molecular complexity index is 122. The minimum absolute atomic E-state index is 0.0915. The molecular formula is C9H19NO2. The standard InChI is InChI=1S/C9H19NO2/c1-12-6-4-9(8-11)3-2-5-10-7-9/h10-11H,2-8H2,1H3/t9-/m1/s1. The lowest BCUT2D eigenvalue weighted by Gasteiger charge is -2.35. The molecule has 0 saturated carbocycles. The van der Waals surface area contributed by atoms with Crippen molar-refractivity contribution in [3.8, 4) is 0 Å². The topological polar surface area (TPSA) is 41.5 Å². The maximum Gasteiger partial charge on any atom is 0.0500 e. The zero-order valence-electron chi connectivity index (χ0n) is 7.81. The smallest absolute Gasteiger partial charge is 0.0500 e. The molecule has 0 aromatic carbocycles. The number of aliphatic hydroxyl groups is 1. The summed E-state index contributed by atoms with van der Waals surface area (Å²) in [4.78, 5) is 0. The van der Waals surface area contributed by atoms with Crippen LogP contribution in [0.3, 0.4) is 0 Å². The summed E-state index contributed by atoms with van der Waals surface area (Å²) in [5.74, 6) is 0. The number of nitrogens with one attached hydrogen (secondary N) is 1. The maximum atomic E-state index is 9.27. The van der Waals surface area contributed by atoms with E-state index >= 15 is 0 Å². The number of aliphatic hydroxyl groups excluding tert-OH is 1. The van der Waals surface area contributed by atoms with Crippen molar-refractivity contribution >= 4 is 0 Å². The van der Waals surface area contributed by atoms with Gasteiger partial charge in [0.25, 0.3) is 0 Å². The molecule has 1 aliphatic heterocycles. The van der Waals surface area contributed by atoms with Crippen LogP contribution in [0.15, 0.2) is 0 Å². The molecule has 1 atom stereocenters. The first-order valence-corrected chi connectivity index (χ1v) is 4.63. The third kappa shape index (κ3) is 2.44. The van der Waals surface area contributed by atoms with Crippen molar-refractivity contribution in [1.82, 2.24) is 5.32 Å². The molecule has 1 heterocycles. The lowest BCUT2D eigenvalue weighted by molar-refractivity contribution is 0.0547. The third-order valence-electron chi connectivity index (χ3n) is 2.73. The summed E-state index contributed by atoms with van der Waals surface area (Å²) in [5, 5.41) is 12.6. The number of methoxy groups -OCH3 is 1. The van der Waals surface area contributed by atoms with Gasteiger partial charge in [0.1, 0.15) is 0 Å². The van der Waals surface area contributed by atoms with Crippen molar-refractivity contribution in [3.05, 3.63) is 0 Å².